The Balaban J connectivity index is 2.39. The van der Waals surface area contributed by atoms with Gasteiger partial charge >= 0.3 is 0 Å². The molecule has 0 aliphatic heterocycles. The Kier molecular flexibility index (Phi) is 3.25. The fourth-order valence-electron chi connectivity index (χ4n) is 2.48. The third-order valence-corrected chi connectivity index (χ3v) is 4.41. The quantitative estimate of drug-likeness (QED) is 0.727. The first kappa shape index (κ1) is 13.2. The molecular weight excluding hydrogens is 250 g/mol. The lowest BCUT2D eigenvalue weighted by Crippen LogP contribution is -2.32. The zero-order valence-electron chi connectivity index (χ0n) is 10.4. The monoisotopic (exact) mass is 269 g/mol. The predicted octanol–water partition coefficient (Wildman–Crippen LogP) is 1.66. The third kappa shape index (κ3) is 2.76. The number of hydrogen-bond donors (Lipinski definition) is 3. The molecule has 0 saturated heterocycles. The van der Waals surface area contributed by atoms with Gasteiger partial charge in [0.1, 0.15) is 4.90 Å². The molecule has 6 heteroatoms. The lowest BCUT2D eigenvalue weighted by atomic mass is 10.0. The molecule has 1 aliphatic carbocycles. The summed E-state index contributed by atoms with van der Waals surface area (Å²) < 4.78 is 23.1. The highest BCUT2D eigenvalue weighted by atomic mass is 32.2. The molecule has 100 valence electrons. The van der Waals surface area contributed by atoms with Crippen molar-refractivity contribution in [3.63, 3.8) is 0 Å². The van der Waals surface area contributed by atoms with Crippen molar-refractivity contribution in [3.05, 3.63) is 18.2 Å². The van der Waals surface area contributed by atoms with Gasteiger partial charge in [-0.2, -0.15) is 0 Å². The van der Waals surface area contributed by atoms with Crippen LogP contribution in [0.1, 0.15) is 32.6 Å². The van der Waals surface area contributed by atoms with Gasteiger partial charge in [0.2, 0.25) is 10.0 Å². The lowest BCUT2D eigenvalue weighted by Gasteiger charge is -2.27. The van der Waals surface area contributed by atoms with Gasteiger partial charge in [-0.05, 0) is 38.0 Å². The van der Waals surface area contributed by atoms with Gasteiger partial charge in [0.25, 0.3) is 0 Å². The molecule has 1 aromatic carbocycles. The van der Waals surface area contributed by atoms with E-state index in [1.165, 1.54) is 6.07 Å². The zero-order valence-corrected chi connectivity index (χ0v) is 11.3. The molecule has 2 rings (SSSR count). The Morgan fingerprint density at radius 2 is 1.89 bits per heavy atom. The molecule has 1 saturated carbocycles. The van der Waals surface area contributed by atoms with E-state index >= 15 is 0 Å². The Hall–Kier alpha value is -1.27. The first-order chi connectivity index (χ1) is 8.30. The summed E-state index contributed by atoms with van der Waals surface area (Å²) in [6.07, 6.45) is 4.37. The smallest absolute Gasteiger partial charge is 0.240 e. The predicted molar refractivity (Wildman–Crippen MR) is 72.7 cm³/mol. The van der Waals surface area contributed by atoms with Crippen LogP contribution in [0.5, 0.6) is 0 Å². The van der Waals surface area contributed by atoms with E-state index in [0.29, 0.717) is 11.4 Å². The Morgan fingerprint density at radius 1 is 1.28 bits per heavy atom. The number of rotatable bonds is 3. The topological polar surface area (TPSA) is 98.2 Å². The van der Waals surface area contributed by atoms with Crippen molar-refractivity contribution in [2.45, 2.75) is 43.0 Å². The number of primary sulfonamides is 1. The number of nitrogens with one attached hydrogen (secondary N) is 1. The van der Waals surface area contributed by atoms with Gasteiger partial charge in [-0.15, -0.1) is 0 Å². The highest BCUT2D eigenvalue weighted by molar-refractivity contribution is 7.89. The highest BCUT2D eigenvalue weighted by Crippen LogP contribution is 2.34. The Morgan fingerprint density at radius 3 is 2.44 bits per heavy atom. The van der Waals surface area contributed by atoms with Crippen molar-refractivity contribution in [1.82, 2.24) is 0 Å². The van der Waals surface area contributed by atoms with Crippen LogP contribution in [0, 0.1) is 0 Å². The van der Waals surface area contributed by atoms with E-state index in [0.717, 1.165) is 25.7 Å². The summed E-state index contributed by atoms with van der Waals surface area (Å²) in [4.78, 5) is 0.0654. The van der Waals surface area contributed by atoms with E-state index < -0.39 is 10.0 Å². The fourth-order valence-corrected chi connectivity index (χ4v) is 3.21. The van der Waals surface area contributed by atoms with Crippen LogP contribution in [0.2, 0.25) is 0 Å². The SMILES string of the molecule is CC1(Nc2ccc(N)cc2S(N)(=O)=O)CCCC1. The van der Waals surface area contributed by atoms with Gasteiger partial charge in [-0.3, -0.25) is 0 Å². The summed E-state index contributed by atoms with van der Waals surface area (Å²) in [6.45, 7) is 2.10. The average Bonchev–Trinajstić information content (AvgIpc) is 2.66. The summed E-state index contributed by atoms with van der Waals surface area (Å²) in [5.41, 5.74) is 6.49. The first-order valence-corrected chi connectivity index (χ1v) is 7.55. The van der Waals surface area contributed by atoms with Gasteiger partial charge in [-0.25, -0.2) is 13.6 Å². The number of nitrogen functional groups attached to an aromatic ring is 1. The van der Waals surface area contributed by atoms with Crippen LogP contribution >= 0.6 is 0 Å². The second-order valence-electron chi connectivity index (χ2n) is 5.19. The summed E-state index contributed by atoms with van der Waals surface area (Å²) >= 11 is 0. The number of nitrogens with two attached hydrogens (primary N) is 2. The molecule has 1 aliphatic rings. The highest BCUT2D eigenvalue weighted by Gasteiger charge is 2.29. The van der Waals surface area contributed by atoms with Crippen molar-refractivity contribution in [1.29, 1.82) is 0 Å². The molecule has 0 heterocycles. The van der Waals surface area contributed by atoms with E-state index in [1.807, 2.05) is 0 Å². The molecule has 0 bridgehead atoms. The second-order valence-corrected chi connectivity index (χ2v) is 6.72. The third-order valence-electron chi connectivity index (χ3n) is 3.46. The van der Waals surface area contributed by atoms with Gasteiger partial charge in [0.15, 0.2) is 0 Å². The van der Waals surface area contributed by atoms with E-state index in [2.05, 4.69) is 12.2 Å². The van der Waals surface area contributed by atoms with Gasteiger partial charge in [0, 0.05) is 11.2 Å². The molecule has 0 radical (unpaired) electrons. The van der Waals surface area contributed by atoms with Gasteiger partial charge in [-0.1, -0.05) is 12.8 Å². The van der Waals surface area contributed by atoms with E-state index in [9.17, 15) is 8.42 Å². The van der Waals surface area contributed by atoms with Crippen LogP contribution < -0.4 is 16.2 Å². The van der Waals surface area contributed by atoms with Crippen molar-refractivity contribution >= 4 is 21.4 Å². The van der Waals surface area contributed by atoms with E-state index in [-0.39, 0.29) is 10.4 Å². The molecular formula is C12H19N3O2S. The standard InChI is InChI=1S/C12H19N3O2S/c1-12(6-2-3-7-12)15-10-5-4-9(13)8-11(10)18(14,16)17/h4-5,8,15H,2-3,6-7,13H2,1H3,(H2,14,16,17). The van der Waals surface area contributed by atoms with E-state index in [1.54, 1.807) is 12.1 Å². The molecule has 1 aromatic rings. The van der Waals surface area contributed by atoms with Crippen LogP contribution in [-0.2, 0) is 10.0 Å². The molecule has 0 amide bonds. The van der Waals surface area contributed by atoms with Crippen LogP contribution in [0.25, 0.3) is 0 Å². The Bertz CT molecular complexity index is 548. The largest absolute Gasteiger partial charge is 0.399 e. The van der Waals surface area contributed by atoms with Crippen molar-refractivity contribution in [2.75, 3.05) is 11.1 Å². The molecule has 5 nitrogen and oxygen atoms in total. The van der Waals surface area contributed by atoms with Crippen molar-refractivity contribution in [2.24, 2.45) is 5.14 Å². The normalized spacial score (nSPS) is 18.8. The average molecular weight is 269 g/mol. The maximum Gasteiger partial charge on any atom is 0.240 e. The van der Waals surface area contributed by atoms with Crippen LogP contribution in [0.4, 0.5) is 11.4 Å². The molecule has 1 fully saturated rings. The van der Waals surface area contributed by atoms with E-state index in [4.69, 9.17) is 10.9 Å². The minimum Gasteiger partial charge on any atom is -0.399 e. The summed E-state index contributed by atoms with van der Waals surface area (Å²) in [6, 6.07) is 4.75. The number of anilines is 2. The molecule has 0 unspecified atom stereocenters. The molecule has 0 aromatic heterocycles. The lowest BCUT2D eigenvalue weighted by molar-refractivity contribution is 0.531. The minimum absolute atomic E-state index is 0.0600. The number of sulfonamides is 1. The fraction of sp³-hybridized carbons (Fsp3) is 0.500. The summed E-state index contributed by atoms with van der Waals surface area (Å²) in [5.74, 6) is 0. The summed E-state index contributed by atoms with van der Waals surface area (Å²) in [7, 11) is -3.77. The summed E-state index contributed by atoms with van der Waals surface area (Å²) in [5, 5.41) is 8.53. The molecule has 0 spiro atoms. The number of benzene rings is 1. The van der Waals surface area contributed by atoms with Gasteiger partial charge < -0.3 is 11.1 Å². The molecule has 18 heavy (non-hydrogen) atoms. The first-order valence-electron chi connectivity index (χ1n) is 6.01. The van der Waals surface area contributed by atoms with Crippen LogP contribution in [0.15, 0.2) is 23.1 Å². The number of hydrogen-bond acceptors (Lipinski definition) is 4. The van der Waals surface area contributed by atoms with Crippen LogP contribution in [0.3, 0.4) is 0 Å². The minimum atomic E-state index is -3.77. The van der Waals surface area contributed by atoms with Crippen molar-refractivity contribution < 1.29 is 8.42 Å². The Labute approximate surface area is 108 Å². The molecule has 5 N–H and O–H groups in total. The van der Waals surface area contributed by atoms with Gasteiger partial charge in [0.05, 0.1) is 5.69 Å². The maximum atomic E-state index is 11.6. The maximum absolute atomic E-state index is 11.6. The molecule has 0 atom stereocenters. The van der Waals surface area contributed by atoms with Crippen LogP contribution in [-0.4, -0.2) is 14.0 Å². The second kappa shape index (κ2) is 4.44. The van der Waals surface area contributed by atoms with Crippen molar-refractivity contribution in [3.8, 4) is 0 Å². The zero-order chi connectivity index (χ0) is 13.4.